The van der Waals surface area contributed by atoms with Gasteiger partial charge in [0.1, 0.15) is 11.4 Å². The Bertz CT molecular complexity index is 1150. The van der Waals surface area contributed by atoms with E-state index >= 15 is 0 Å². The number of halogens is 1. The quantitative estimate of drug-likeness (QED) is 0.466. The predicted molar refractivity (Wildman–Crippen MR) is 142 cm³/mol. The molecule has 4 unspecified atom stereocenters. The van der Waals surface area contributed by atoms with E-state index in [2.05, 4.69) is 10.2 Å². The number of benzene rings is 1. The van der Waals surface area contributed by atoms with Gasteiger partial charge in [-0.3, -0.25) is 4.79 Å². The highest BCUT2D eigenvalue weighted by molar-refractivity contribution is 5.81. The minimum atomic E-state index is -0.762. The second kappa shape index (κ2) is 10.3. The Kier molecular flexibility index (Phi) is 7.40. The van der Waals surface area contributed by atoms with Crippen LogP contribution in [-0.4, -0.2) is 81.7 Å². The number of carbonyl (C=O) groups excluding carboxylic acids is 2. The van der Waals surface area contributed by atoms with Crippen LogP contribution in [0.2, 0.25) is 0 Å². The fourth-order valence-corrected chi connectivity index (χ4v) is 5.63. The van der Waals surface area contributed by atoms with Gasteiger partial charge in [0.05, 0.1) is 11.6 Å². The van der Waals surface area contributed by atoms with Crippen LogP contribution in [0.5, 0.6) is 5.75 Å². The van der Waals surface area contributed by atoms with Crippen molar-refractivity contribution in [3.8, 4) is 5.75 Å². The first-order valence-corrected chi connectivity index (χ1v) is 13.0. The monoisotopic (exact) mass is 530 g/mol. The van der Waals surface area contributed by atoms with Crippen LogP contribution in [0.15, 0.2) is 35.8 Å². The average molecular weight is 531 g/mol. The molecule has 3 aliphatic rings. The van der Waals surface area contributed by atoms with Gasteiger partial charge in [0, 0.05) is 55.6 Å². The highest BCUT2D eigenvalue weighted by Gasteiger charge is 2.44. The van der Waals surface area contributed by atoms with Crippen LogP contribution in [0.4, 0.5) is 9.18 Å². The maximum absolute atomic E-state index is 13.9. The lowest BCUT2D eigenvalue weighted by molar-refractivity contribution is -0.143. The van der Waals surface area contributed by atoms with Gasteiger partial charge >= 0.3 is 6.09 Å². The number of ether oxygens (including phenoxy) is 1. The maximum atomic E-state index is 13.9. The summed E-state index contributed by atoms with van der Waals surface area (Å²) in [5.74, 6) is -1.11. The summed E-state index contributed by atoms with van der Waals surface area (Å²) in [5.41, 5.74) is 12.9. The molecule has 10 nitrogen and oxygen atoms in total. The lowest BCUT2D eigenvalue weighted by Gasteiger charge is -2.45. The van der Waals surface area contributed by atoms with Crippen molar-refractivity contribution in [3.63, 3.8) is 0 Å². The maximum Gasteiger partial charge on any atom is 0.410 e. The minimum Gasteiger partial charge on any atom is -0.504 e. The van der Waals surface area contributed by atoms with E-state index in [0.717, 1.165) is 6.07 Å². The number of hydrogen-bond donors (Lipinski definition) is 4. The number of para-hydroxylation sites is 1. The molecule has 38 heavy (non-hydrogen) atoms. The van der Waals surface area contributed by atoms with Gasteiger partial charge in [-0.15, -0.1) is 0 Å². The molecule has 2 saturated heterocycles. The molecule has 2 fully saturated rings. The number of phenols is 1. The number of aromatic hydroxyl groups is 1. The van der Waals surface area contributed by atoms with Crippen LogP contribution in [-0.2, 0) is 9.53 Å². The van der Waals surface area contributed by atoms with Gasteiger partial charge in [-0.05, 0) is 59.2 Å². The molecule has 0 spiro atoms. The van der Waals surface area contributed by atoms with Crippen molar-refractivity contribution in [2.75, 3.05) is 26.2 Å². The van der Waals surface area contributed by atoms with E-state index in [-0.39, 0.29) is 47.3 Å². The standard InChI is InChI=1S/C27H39FN6O4/c1-15-12-32(26(37)38-27(3,4)5)13-16(2)34(15)25(36)17-9-18-11-31-24(30)22(33(18)14-17)10-21(29)19-7-6-8-20(28)23(19)35/h6-8,10,15-18,31,35H,9,11-14,29-30H2,1-5H3/b21-10-. The van der Waals surface area contributed by atoms with Gasteiger partial charge < -0.3 is 41.3 Å². The van der Waals surface area contributed by atoms with Crippen molar-refractivity contribution in [3.05, 3.63) is 47.2 Å². The van der Waals surface area contributed by atoms with Crippen molar-refractivity contribution in [1.82, 2.24) is 20.0 Å². The number of hydrogen-bond acceptors (Lipinski definition) is 8. The summed E-state index contributed by atoms with van der Waals surface area (Å²) in [6.45, 7) is 11.2. The molecule has 3 heterocycles. The number of nitrogens with one attached hydrogen (secondary N) is 1. The van der Waals surface area contributed by atoms with Crippen LogP contribution in [0.3, 0.4) is 0 Å². The Morgan fingerprint density at radius 1 is 1.18 bits per heavy atom. The summed E-state index contributed by atoms with van der Waals surface area (Å²) in [6.07, 6.45) is 1.87. The van der Waals surface area contributed by atoms with E-state index in [1.807, 2.05) is 39.5 Å². The van der Waals surface area contributed by atoms with Crippen LogP contribution in [0.25, 0.3) is 5.70 Å². The number of carbonyl (C=O) groups is 2. The van der Waals surface area contributed by atoms with Crippen LogP contribution < -0.4 is 16.8 Å². The lowest BCUT2D eigenvalue weighted by atomic mass is 9.99. The molecule has 4 atom stereocenters. The minimum absolute atomic E-state index is 0.0186. The molecule has 0 radical (unpaired) electrons. The Balaban J connectivity index is 1.48. The number of nitrogens with two attached hydrogens (primary N) is 2. The fraction of sp³-hybridized carbons (Fsp3) is 0.556. The molecule has 208 valence electrons. The topological polar surface area (TPSA) is 137 Å². The molecule has 1 aromatic carbocycles. The largest absolute Gasteiger partial charge is 0.504 e. The first kappa shape index (κ1) is 27.4. The van der Waals surface area contributed by atoms with Crippen molar-refractivity contribution in [1.29, 1.82) is 0 Å². The van der Waals surface area contributed by atoms with Crippen molar-refractivity contribution in [2.45, 2.75) is 64.8 Å². The van der Waals surface area contributed by atoms with E-state index in [0.29, 0.717) is 44.1 Å². The number of nitrogens with zero attached hydrogens (tertiary/aromatic N) is 3. The van der Waals surface area contributed by atoms with Crippen molar-refractivity contribution >= 4 is 17.7 Å². The zero-order chi connectivity index (χ0) is 27.9. The van der Waals surface area contributed by atoms with Gasteiger partial charge in [-0.25, -0.2) is 9.18 Å². The Morgan fingerprint density at radius 3 is 2.47 bits per heavy atom. The number of allylic oxidation sites excluding steroid dienone is 1. The highest BCUT2D eigenvalue weighted by atomic mass is 19.1. The molecule has 0 saturated carbocycles. The first-order valence-electron chi connectivity index (χ1n) is 13.0. The summed E-state index contributed by atoms with van der Waals surface area (Å²) in [5, 5.41) is 13.3. The van der Waals surface area contributed by atoms with E-state index in [4.69, 9.17) is 16.2 Å². The summed E-state index contributed by atoms with van der Waals surface area (Å²) >= 11 is 0. The van der Waals surface area contributed by atoms with Crippen molar-refractivity contribution in [2.24, 2.45) is 17.4 Å². The Hall–Kier alpha value is -3.63. The molecule has 2 amide bonds. The van der Waals surface area contributed by atoms with Crippen LogP contribution >= 0.6 is 0 Å². The van der Waals surface area contributed by atoms with E-state index < -0.39 is 17.2 Å². The second-order valence-electron chi connectivity index (χ2n) is 11.5. The second-order valence-corrected chi connectivity index (χ2v) is 11.5. The molecule has 0 bridgehead atoms. The van der Waals surface area contributed by atoms with E-state index in [9.17, 15) is 19.1 Å². The smallest absolute Gasteiger partial charge is 0.410 e. The van der Waals surface area contributed by atoms with Crippen molar-refractivity contribution < 1.29 is 23.8 Å². The first-order chi connectivity index (χ1) is 17.8. The third-order valence-corrected chi connectivity index (χ3v) is 7.29. The lowest BCUT2D eigenvalue weighted by Crippen LogP contribution is -2.61. The van der Waals surface area contributed by atoms with E-state index in [1.54, 1.807) is 11.0 Å². The van der Waals surface area contributed by atoms with Gasteiger partial charge in [-0.1, -0.05) is 6.07 Å². The summed E-state index contributed by atoms with van der Waals surface area (Å²) < 4.78 is 19.4. The van der Waals surface area contributed by atoms with Gasteiger partial charge in [-0.2, -0.15) is 0 Å². The number of fused-ring (bicyclic) bond motifs is 1. The number of amides is 2. The normalized spacial score (nSPS) is 26.3. The molecule has 6 N–H and O–H groups in total. The summed E-state index contributed by atoms with van der Waals surface area (Å²) in [4.78, 5) is 32.0. The molecular formula is C27H39FN6O4. The van der Waals surface area contributed by atoms with Gasteiger partial charge in [0.15, 0.2) is 11.6 Å². The Labute approximate surface area is 223 Å². The molecule has 0 aliphatic carbocycles. The highest BCUT2D eigenvalue weighted by Crippen LogP contribution is 2.34. The third-order valence-electron chi connectivity index (χ3n) is 7.29. The van der Waals surface area contributed by atoms with E-state index in [1.165, 1.54) is 12.1 Å². The van der Waals surface area contributed by atoms with Crippen LogP contribution in [0, 0.1) is 11.7 Å². The molecular weight excluding hydrogens is 491 g/mol. The molecule has 3 aliphatic heterocycles. The third kappa shape index (κ3) is 5.46. The molecule has 0 aromatic heterocycles. The zero-order valence-corrected chi connectivity index (χ0v) is 22.7. The zero-order valence-electron chi connectivity index (χ0n) is 22.7. The Morgan fingerprint density at radius 2 is 1.84 bits per heavy atom. The summed E-state index contributed by atoms with van der Waals surface area (Å²) in [7, 11) is 0. The van der Waals surface area contributed by atoms with Gasteiger partial charge in [0.2, 0.25) is 5.91 Å². The summed E-state index contributed by atoms with van der Waals surface area (Å²) in [6, 6.07) is 3.85. The SMILES string of the molecule is CC1CN(C(=O)OC(C)(C)C)CC(C)N1C(=O)C1CC2CNC(N)=C(/C=C(\N)c3cccc(F)c3O)N2C1. The molecule has 4 rings (SSSR count). The number of piperazine rings is 1. The number of rotatable bonds is 3. The predicted octanol–water partition coefficient (Wildman–Crippen LogP) is 2.11. The fourth-order valence-electron chi connectivity index (χ4n) is 5.63. The molecule has 1 aromatic rings. The average Bonchev–Trinajstić information content (AvgIpc) is 3.25. The number of phenolic OH excluding ortho intramolecular Hbond substituents is 1. The van der Waals surface area contributed by atoms with Crippen LogP contribution in [0.1, 0.15) is 46.6 Å². The molecule has 11 heteroatoms. The van der Waals surface area contributed by atoms with Gasteiger partial charge in [0.25, 0.3) is 0 Å².